The van der Waals surface area contributed by atoms with Gasteiger partial charge in [-0.25, -0.2) is 0 Å². The van der Waals surface area contributed by atoms with Crippen LogP contribution in [-0.2, 0) is 26.2 Å². The number of nitrogens with zero attached hydrogens (tertiary/aromatic N) is 2. The molecule has 1 saturated heterocycles. The Morgan fingerprint density at radius 3 is 2.61 bits per heavy atom. The van der Waals surface area contributed by atoms with E-state index >= 15 is 0 Å². The van der Waals surface area contributed by atoms with Crippen molar-refractivity contribution in [3.05, 3.63) is 63.6 Å². The van der Waals surface area contributed by atoms with Gasteiger partial charge >= 0.3 is 5.97 Å². The maximum absolute atomic E-state index is 13.3. The van der Waals surface area contributed by atoms with Crippen molar-refractivity contribution in [2.24, 2.45) is 0 Å². The van der Waals surface area contributed by atoms with Crippen molar-refractivity contribution in [3.8, 4) is 5.75 Å². The number of piperidine rings is 1. The van der Waals surface area contributed by atoms with Crippen molar-refractivity contribution >= 4 is 35.1 Å². The summed E-state index contributed by atoms with van der Waals surface area (Å²) in [6, 6.07) is 13.2. The van der Waals surface area contributed by atoms with Crippen molar-refractivity contribution in [3.63, 3.8) is 0 Å². The zero-order valence-corrected chi connectivity index (χ0v) is 22.9. The molecule has 0 unspecified atom stereocenters. The number of amides is 1. The van der Waals surface area contributed by atoms with Gasteiger partial charge in [0.05, 0.1) is 22.1 Å². The number of fused-ring (bicyclic) bond motifs is 1. The summed E-state index contributed by atoms with van der Waals surface area (Å²) in [6.07, 6.45) is 3.57. The largest absolute Gasteiger partial charge is 0.427 e. The summed E-state index contributed by atoms with van der Waals surface area (Å²) in [5, 5.41) is 0.926. The number of carbonyl (C=O) groups excluding carboxylic acids is 2. The quantitative estimate of drug-likeness (QED) is 0.381. The van der Waals surface area contributed by atoms with Crippen LogP contribution in [0.3, 0.4) is 0 Å². The molecule has 4 rings (SSSR count). The van der Waals surface area contributed by atoms with Gasteiger partial charge in [0.25, 0.3) is 0 Å². The SMILES string of the molecule is CO[C@]12CC[C@H](N(C)C(=O)Cc3ccc(Cl)c(Cl)c3)C[C@]1(c1cccc(OC(C)=O)c1)CCN(C)C2. The van der Waals surface area contributed by atoms with E-state index in [0.717, 1.165) is 49.9 Å². The minimum atomic E-state index is -0.404. The average Bonchev–Trinajstić information content (AvgIpc) is 2.85. The molecule has 0 radical (unpaired) electrons. The van der Waals surface area contributed by atoms with Crippen LogP contribution >= 0.6 is 23.2 Å². The first-order valence-electron chi connectivity index (χ1n) is 12.3. The van der Waals surface area contributed by atoms with Crippen LogP contribution in [0.15, 0.2) is 42.5 Å². The maximum Gasteiger partial charge on any atom is 0.308 e. The summed E-state index contributed by atoms with van der Waals surface area (Å²) in [7, 11) is 5.81. The molecule has 0 spiro atoms. The minimum Gasteiger partial charge on any atom is -0.427 e. The van der Waals surface area contributed by atoms with Crippen LogP contribution in [0.25, 0.3) is 0 Å². The highest BCUT2D eigenvalue weighted by Crippen LogP contribution is 2.54. The minimum absolute atomic E-state index is 0.0417. The Hall–Kier alpha value is -2.12. The molecule has 2 aromatic rings. The van der Waals surface area contributed by atoms with E-state index in [1.807, 2.05) is 30.1 Å². The van der Waals surface area contributed by atoms with Crippen molar-refractivity contribution in [1.29, 1.82) is 0 Å². The van der Waals surface area contributed by atoms with E-state index in [-0.39, 0.29) is 29.8 Å². The van der Waals surface area contributed by atoms with Crippen LogP contribution in [0.5, 0.6) is 5.75 Å². The lowest BCUT2D eigenvalue weighted by Crippen LogP contribution is -2.67. The maximum atomic E-state index is 13.3. The van der Waals surface area contributed by atoms with Gasteiger partial charge in [0.2, 0.25) is 5.91 Å². The summed E-state index contributed by atoms with van der Waals surface area (Å²) < 4.78 is 11.8. The predicted molar refractivity (Wildman–Crippen MR) is 142 cm³/mol. The second kappa shape index (κ2) is 10.7. The van der Waals surface area contributed by atoms with Crippen LogP contribution in [0, 0.1) is 0 Å². The van der Waals surface area contributed by atoms with E-state index in [1.54, 1.807) is 25.3 Å². The Kier molecular flexibility index (Phi) is 8.01. The van der Waals surface area contributed by atoms with E-state index in [0.29, 0.717) is 15.8 Å². The fraction of sp³-hybridized carbons (Fsp3) is 0.500. The molecule has 194 valence electrons. The number of carbonyl (C=O) groups is 2. The van der Waals surface area contributed by atoms with Crippen LogP contribution in [0.2, 0.25) is 10.0 Å². The first kappa shape index (κ1) is 26.9. The molecule has 36 heavy (non-hydrogen) atoms. The molecule has 1 heterocycles. The predicted octanol–water partition coefficient (Wildman–Crippen LogP) is 5.13. The van der Waals surface area contributed by atoms with Crippen LogP contribution in [0.1, 0.15) is 43.7 Å². The third-order valence-corrected chi connectivity index (χ3v) is 8.84. The standard InChI is InChI=1S/C28H34Cl2N2O4/c1-19(33)36-23-7-5-6-21(16-23)27-12-13-31(2)18-28(27,35-4)11-10-22(17-27)32(3)26(34)15-20-8-9-24(29)25(30)14-20/h5-9,14,16,22H,10-13,15,17-18H2,1-4H3/t22-,27-,28-/m0/s1. The number of likely N-dealkylation sites (tertiary alicyclic amines) is 1. The van der Waals surface area contributed by atoms with E-state index < -0.39 is 5.60 Å². The fourth-order valence-electron chi connectivity index (χ4n) is 6.18. The lowest BCUT2D eigenvalue weighted by molar-refractivity contribution is -0.157. The summed E-state index contributed by atoms with van der Waals surface area (Å²) >= 11 is 12.2. The molecule has 1 aliphatic carbocycles. The number of methoxy groups -OCH3 is 1. The van der Waals surface area contributed by atoms with E-state index in [4.69, 9.17) is 32.7 Å². The van der Waals surface area contributed by atoms with Gasteiger partial charge in [0.15, 0.2) is 0 Å². The molecule has 1 amide bonds. The zero-order chi connectivity index (χ0) is 26.1. The average molecular weight is 533 g/mol. The number of esters is 1. The molecule has 0 bridgehead atoms. The smallest absolute Gasteiger partial charge is 0.308 e. The Bertz CT molecular complexity index is 1140. The number of rotatable bonds is 6. The second-order valence-corrected chi connectivity index (χ2v) is 11.0. The van der Waals surface area contributed by atoms with Crippen LogP contribution in [-0.4, -0.2) is 67.6 Å². The molecule has 3 atom stereocenters. The molecule has 0 N–H and O–H groups in total. The van der Waals surface area contributed by atoms with E-state index in [1.165, 1.54) is 6.92 Å². The van der Waals surface area contributed by atoms with Gasteiger partial charge < -0.3 is 19.3 Å². The van der Waals surface area contributed by atoms with Crippen LogP contribution in [0.4, 0.5) is 0 Å². The first-order valence-corrected chi connectivity index (χ1v) is 13.1. The van der Waals surface area contributed by atoms with Gasteiger partial charge in [-0.1, -0.05) is 41.4 Å². The van der Waals surface area contributed by atoms with Gasteiger partial charge in [-0.3, -0.25) is 9.59 Å². The highest BCUT2D eigenvalue weighted by atomic mass is 35.5. The molecule has 1 saturated carbocycles. The number of hydrogen-bond donors (Lipinski definition) is 0. The number of hydrogen-bond acceptors (Lipinski definition) is 5. The number of ether oxygens (including phenoxy) is 2. The van der Waals surface area contributed by atoms with Crippen molar-refractivity contribution < 1.29 is 19.1 Å². The van der Waals surface area contributed by atoms with Crippen molar-refractivity contribution in [1.82, 2.24) is 9.80 Å². The van der Waals surface area contributed by atoms with Gasteiger partial charge in [0, 0.05) is 39.1 Å². The molecular weight excluding hydrogens is 499 g/mol. The van der Waals surface area contributed by atoms with Gasteiger partial charge in [-0.05, 0) is 74.7 Å². The fourth-order valence-corrected chi connectivity index (χ4v) is 6.50. The van der Waals surface area contributed by atoms with Gasteiger partial charge in [0.1, 0.15) is 5.75 Å². The van der Waals surface area contributed by atoms with Crippen molar-refractivity contribution in [2.75, 3.05) is 34.3 Å². The second-order valence-electron chi connectivity index (χ2n) is 10.2. The summed E-state index contributed by atoms with van der Waals surface area (Å²) in [5.41, 5.74) is 1.20. The number of benzene rings is 2. The lowest BCUT2D eigenvalue weighted by atomic mass is 9.55. The van der Waals surface area contributed by atoms with Gasteiger partial charge in [-0.15, -0.1) is 0 Å². The van der Waals surface area contributed by atoms with E-state index in [9.17, 15) is 9.59 Å². The summed E-state index contributed by atoms with van der Waals surface area (Å²) in [4.78, 5) is 29.2. The van der Waals surface area contributed by atoms with Crippen LogP contribution < -0.4 is 4.74 Å². The summed E-state index contributed by atoms with van der Waals surface area (Å²) in [6.45, 7) is 3.12. The number of halogens is 2. The third kappa shape index (κ3) is 5.14. The van der Waals surface area contributed by atoms with E-state index in [2.05, 4.69) is 18.0 Å². The van der Waals surface area contributed by atoms with Crippen molar-refractivity contribution in [2.45, 2.75) is 56.1 Å². The molecule has 1 aliphatic heterocycles. The normalized spacial score (nSPS) is 26.2. The Balaban J connectivity index is 1.65. The molecule has 8 heteroatoms. The Morgan fingerprint density at radius 1 is 1.14 bits per heavy atom. The topological polar surface area (TPSA) is 59.1 Å². The molecular formula is C28H34Cl2N2O4. The lowest BCUT2D eigenvalue weighted by Gasteiger charge is -2.60. The third-order valence-electron chi connectivity index (χ3n) is 8.10. The van der Waals surface area contributed by atoms with Gasteiger partial charge in [-0.2, -0.15) is 0 Å². The number of likely N-dealkylation sites (N-methyl/N-ethyl adjacent to an activating group) is 2. The monoisotopic (exact) mass is 532 g/mol. The summed E-state index contributed by atoms with van der Waals surface area (Å²) in [5.74, 6) is 0.227. The zero-order valence-electron chi connectivity index (χ0n) is 21.4. The highest BCUT2D eigenvalue weighted by molar-refractivity contribution is 6.42. The highest BCUT2D eigenvalue weighted by Gasteiger charge is 2.59. The Morgan fingerprint density at radius 2 is 1.92 bits per heavy atom. The molecule has 2 aliphatic rings. The molecule has 0 aromatic heterocycles. The Labute approximate surface area is 223 Å². The molecule has 2 fully saturated rings. The molecule has 2 aromatic carbocycles. The molecule has 6 nitrogen and oxygen atoms in total. The first-order chi connectivity index (χ1) is 17.1.